The van der Waals surface area contributed by atoms with E-state index >= 15 is 0 Å². The molecule has 0 aliphatic carbocycles. The van der Waals surface area contributed by atoms with Gasteiger partial charge in [0.05, 0.1) is 0 Å². The van der Waals surface area contributed by atoms with Gasteiger partial charge in [0.2, 0.25) is 0 Å². The summed E-state index contributed by atoms with van der Waals surface area (Å²) in [5.41, 5.74) is 4.75. The number of hydrogen-bond acceptors (Lipinski definition) is 5. The van der Waals surface area contributed by atoms with Crippen LogP contribution >= 0.6 is 7.59 Å². The average Bonchev–Trinajstić information content (AvgIpc) is 3.35. The summed E-state index contributed by atoms with van der Waals surface area (Å²) < 4.78 is 25.4. The first-order valence-corrected chi connectivity index (χ1v) is 14.3. The van der Waals surface area contributed by atoms with Gasteiger partial charge in [-0.2, -0.15) is 0 Å². The fraction of sp³-hybridized carbons (Fsp3) is 0.345. The predicted octanol–water partition coefficient (Wildman–Crippen LogP) is 7.70. The molecule has 1 aromatic heterocycles. The van der Waals surface area contributed by atoms with Gasteiger partial charge in [0.1, 0.15) is 0 Å². The molecule has 2 aliphatic rings. The maximum absolute atomic E-state index is 7.19. The average molecular weight is 504 g/mol. The van der Waals surface area contributed by atoms with Crippen molar-refractivity contribution < 1.29 is 13.6 Å². The van der Waals surface area contributed by atoms with E-state index in [0.717, 1.165) is 33.7 Å². The van der Waals surface area contributed by atoms with E-state index < -0.39 is 7.59 Å². The third kappa shape index (κ3) is 2.95. The number of rotatable bonds is 1. The van der Waals surface area contributed by atoms with Gasteiger partial charge >= 0.3 is 213 Å². The summed E-state index contributed by atoms with van der Waals surface area (Å²) in [4.78, 5) is 5.06. The van der Waals surface area contributed by atoms with E-state index in [9.17, 15) is 0 Å². The van der Waals surface area contributed by atoms with E-state index in [1.54, 1.807) is 0 Å². The van der Waals surface area contributed by atoms with Gasteiger partial charge in [0.15, 0.2) is 0 Å². The van der Waals surface area contributed by atoms with Crippen molar-refractivity contribution in [2.45, 2.75) is 52.4 Å². The second-order valence-corrected chi connectivity index (χ2v) is 15.4. The van der Waals surface area contributed by atoms with Gasteiger partial charge in [0, 0.05) is 0 Å². The predicted molar refractivity (Wildman–Crippen MR) is 147 cm³/mol. The number of hydrogen-bond donors (Lipinski definition) is 0. The Morgan fingerprint density at radius 1 is 0.778 bits per heavy atom. The third-order valence-corrected chi connectivity index (χ3v) is 11.1. The van der Waals surface area contributed by atoms with E-state index in [2.05, 4.69) is 64.1 Å². The van der Waals surface area contributed by atoms with Crippen molar-refractivity contribution in [2.75, 3.05) is 14.1 Å². The minimum atomic E-state index is -4.26. The Balaban J connectivity index is 1.73. The van der Waals surface area contributed by atoms with Gasteiger partial charge in [0.25, 0.3) is 0 Å². The molecular formula is C29H34N3O3P. The minimum absolute atomic E-state index is 0.0626. The van der Waals surface area contributed by atoms with Crippen LogP contribution in [-0.2, 0) is 10.8 Å². The van der Waals surface area contributed by atoms with Crippen molar-refractivity contribution in [3.63, 3.8) is 0 Å². The topological polar surface area (TPSA) is 48.8 Å². The van der Waals surface area contributed by atoms with Gasteiger partial charge in [-0.1, -0.05) is 0 Å². The number of imidazole rings is 1. The molecule has 3 aromatic carbocycles. The molecule has 6 rings (SSSR count). The molecule has 0 saturated heterocycles. The van der Waals surface area contributed by atoms with Crippen molar-refractivity contribution >= 4 is 18.6 Å². The van der Waals surface area contributed by atoms with Crippen LogP contribution in [0.3, 0.4) is 0 Å². The van der Waals surface area contributed by atoms with E-state index in [0.29, 0.717) is 11.5 Å². The number of para-hydroxylation sites is 3. The Morgan fingerprint density at radius 3 is 2.14 bits per heavy atom. The van der Waals surface area contributed by atoms with Crippen molar-refractivity contribution in [1.82, 2.24) is 14.0 Å². The molecule has 1 spiro atoms. The Labute approximate surface area is 213 Å². The van der Waals surface area contributed by atoms with E-state index in [1.165, 1.54) is 5.56 Å². The standard InChI is InChI=1S/C29H34N3O3P/c1-28(2,3)19-17-21(29(4,5)6)26-25(18-19)34-36(35-26,31(7)8)32-23-15-11-10-14-22(23)30-27(32)20-13-9-12-16-24(20)33-36/h9-18H,1-8H3. The summed E-state index contributed by atoms with van der Waals surface area (Å²) in [5.74, 6) is 2.94. The number of nitrogens with zero attached hydrogens (tertiary/aromatic N) is 3. The molecule has 0 saturated carbocycles. The molecule has 36 heavy (non-hydrogen) atoms. The van der Waals surface area contributed by atoms with Crippen molar-refractivity contribution in [3.8, 4) is 28.6 Å². The van der Waals surface area contributed by atoms with Crippen LogP contribution in [-0.4, -0.2) is 28.1 Å². The SMILES string of the molecule is CN(C)P12(Oc3ccccc3-c3nc4ccccc4n31)Oc1cc(C(C)(C)C)cc(C(C)(C)C)c1O2. The summed E-state index contributed by atoms with van der Waals surface area (Å²) in [5, 5.41) is 0. The molecule has 6 nitrogen and oxygen atoms in total. The normalized spacial score (nSPS) is 18.4. The fourth-order valence-corrected chi connectivity index (χ4v) is 8.78. The quantitative estimate of drug-likeness (QED) is 0.249. The van der Waals surface area contributed by atoms with E-state index in [4.69, 9.17) is 18.6 Å². The molecule has 0 bridgehead atoms. The van der Waals surface area contributed by atoms with Crippen LogP contribution in [0.25, 0.3) is 22.4 Å². The zero-order chi connectivity index (χ0) is 25.7. The van der Waals surface area contributed by atoms with Gasteiger partial charge in [-0.15, -0.1) is 0 Å². The van der Waals surface area contributed by atoms with Crippen LogP contribution in [0.4, 0.5) is 0 Å². The molecule has 0 radical (unpaired) electrons. The number of benzene rings is 3. The molecule has 188 valence electrons. The Morgan fingerprint density at radius 2 is 1.44 bits per heavy atom. The summed E-state index contributed by atoms with van der Waals surface area (Å²) in [6, 6.07) is 20.5. The second kappa shape index (κ2) is 7.02. The Hall–Kier alpha value is -3.08. The van der Waals surface area contributed by atoms with E-state index in [-0.39, 0.29) is 10.8 Å². The van der Waals surface area contributed by atoms with Crippen LogP contribution < -0.4 is 13.6 Å². The third-order valence-electron chi connectivity index (χ3n) is 7.15. The van der Waals surface area contributed by atoms with Gasteiger partial charge in [-0.25, -0.2) is 0 Å². The molecule has 7 heteroatoms. The van der Waals surface area contributed by atoms with Crippen molar-refractivity contribution in [1.29, 1.82) is 0 Å². The first-order valence-electron chi connectivity index (χ1n) is 12.4. The monoisotopic (exact) mass is 503 g/mol. The molecule has 0 N–H and O–H groups in total. The molecule has 2 aliphatic heterocycles. The number of aromatic nitrogens is 2. The molecule has 4 aromatic rings. The first-order chi connectivity index (χ1) is 16.8. The van der Waals surface area contributed by atoms with Crippen LogP contribution in [0, 0.1) is 0 Å². The zero-order valence-corrected chi connectivity index (χ0v) is 23.2. The summed E-state index contributed by atoms with van der Waals surface area (Å²) in [6.07, 6.45) is 0. The molecule has 0 amide bonds. The molecule has 0 fully saturated rings. The summed E-state index contributed by atoms with van der Waals surface area (Å²) in [6.45, 7) is 13.3. The maximum atomic E-state index is 7.19. The van der Waals surface area contributed by atoms with Gasteiger partial charge < -0.3 is 0 Å². The van der Waals surface area contributed by atoms with Crippen LogP contribution in [0.1, 0.15) is 52.7 Å². The van der Waals surface area contributed by atoms with Crippen LogP contribution in [0.5, 0.6) is 17.2 Å². The van der Waals surface area contributed by atoms with Crippen molar-refractivity contribution in [2.24, 2.45) is 0 Å². The van der Waals surface area contributed by atoms with Gasteiger partial charge in [-0.05, 0) is 0 Å². The Bertz CT molecular complexity index is 1550. The molecule has 3 heterocycles. The van der Waals surface area contributed by atoms with Crippen LogP contribution in [0.2, 0.25) is 0 Å². The Kier molecular flexibility index (Phi) is 4.55. The second-order valence-electron chi connectivity index (χ2n) is 12.0. The van der Waals surface area contributed by atoms with E-state index in [1.807, 2.05) is 61.2 Å². The zero-order valence-electron chi connectivity index (χ0n) is 22.3. The van der Waals surface area contributed by atoms with Gasteiger partial charge in [-0.3, -0.25) is 0 Å². The summed E-state index contributed by atoms with van der Waals surface area (Å²) in [7, 11) is -0.322. The molecule has 0 atom stereocenters. The molecular weight excluding hydrogens is 469 g/mol. The first kappa shape index (κ1) is 23.3. The summed E-state index contributed by atoms with van der Waals surface area (Å²) >= 11 is 0. The van der Waals surface area contributed by atoms with Crippen molar-refractivity contribution in [3.05, 3.63) is 71.8 Å². The number of fused-ring (bicyclic) bond motifs is 7. The van der Waals surface area contributed by atoms with Crippen LogP contribution in [0.15, 0.2) is 60.7 Å². The molecule has 0 unspecified atom stereocenters. The fourth-order valence-electron chi connectivity index (χ4n) is 5.11.